The van der Waals surface area contributed by atoms with Gasteiger partial charge in [-0.3, -0.25) is 4.79 Å². The number of nitrogens with zero attached hydrogens (tertiary/aromatic N) is 5. The van der Waals surface area contributed by atoms with Crippen molar-refractivity contribution in [2.45, 2.75) is 77.2 Å². The maximum absolute atomic E-state index is 14.3. The van der Waals surface area contributed by atoms with Crippen molar-refractivity contribution in [3.8, 4) is 5.75 Å². The number of fused-ring (bicyclic) bond motifs is 1. The summed E-state index contributed by atoms with van der Waals surface area (Å²) >= 11 is 0. The number of hydrogen-bond donors (Lipinski definition) is 3. The summed E-state index contributed by atoms with van der Waals surface area (Å²) in [5.74, 6) is 0.0244. The zero-order valence-electron chi connectivity index (χ0n) is 28.6. The molecule has 4 rings (SSSR count). The maximum atomic E-state index is 14.3. The Labute approximate surface area is 281 Å². The summed E-state index contributed by atoms with van der Waals surface area (Å²) in [6, 6.07) is 3.69. The number of rotatable bonds is 8. The molecule has 0 bridgehead atoms. The maximum Gasteiger partial charge on any atom is 0.323 e. The molecule has 15 nitrogen and oxygen atoms in total. The Morgan fingerprint density at radius 1 is 1.21 bits per heavy atom. The minimum atomic E-state index is -3.89. The molecule has 3 aromatic rings. The van der Waals surface area contributed by atoms with Gasteiger partial charge in [0.1, 0.15) is 17.1 Å². The minimum absolute atomic E-state index is 0.0278. The fourth-order valence-electron chi connectivity index (χ4n) is 5.43. The highest BCUT2D eigenvalue weighted by atomic mass is 32.2. The number of aliphatic hydroxyl groups excluding tert-OH is 1. The van der Waals surface area contributed by atoms with Crippen molar-refractivity contribution in [3.63, 3.8) is 0 Å². The van der Waals surface area contributed by atoms with Gasteiger partial charge in [-0.1, -0.05) is 12.1 Å². The average molecular weight is 690 g/mol. The van der Waals surface area contributed by atoms with Gasteiger partial charge in [0.15, 0.2) is 10.8 Å². The lowest BCUT2D eigenvalue weighted by Crippen LogP contribution is -2.48. The molecule has 0 unspecified atom stereocenters. The molecule has 0 saturated carbocycles. The Kier molecular flexibility index (Phi) is 12.2. The summed E-state index contributed by atoms with van der Waals surface area (Å²) in [6.07, 6.45) is 4.23. The number of imidazole rings is 1. The van der Waals surface area contributed by atoms with E-state index in [9.17, 15) is 23.1 Å². The summed E-state index contributed by atoms with van der Waals surface area (Å²) in [5.41, 5.74) is 1.52. The molecule has 0 saturated heterocycles. The van der Waals surface area contributed by atoms with Crippen LogP contribution in [0.2, 0.25) is 0 Å². The Morgan fingerprint density at radius 2 is 1.96 bits per heavy atom. The number of hydrogen-bond acceptors (Lipinski definition) is 10. The van der Waals surface area contributed by atoms with Crippen LogP contribution in [0.4, 0.5) is 16.2 Å². The van der Waals surface area contributed by atoms with Gasteiger partial charge in [-0.05, 0) is 65.2 Å². The number of sulfonamides is 1. The van der Waals surface area contributed by atoms with Crippen molar-refractivity contribution in [3.05, 3.63) is 47.7 Å². The summed E-state index contributed by atoms with van der Waals surface area (Å²) in [7, 11) is -0.717. The molecule has 0 fully saturated rings. The van der Waals surface area contributed by atoms with Gasteiger partial charge >= 0.3 is 6.03 Å². The van der Waals surface area contributed by atoms with Gasteiger partial charge in [-0.2, -0.15) is 4.31 Å². The molecule has 3 N–H and O–H groups in total. The SMILES string of the molecule is Cc1noc(C)c1NC(=O)Nc1ccc2c(c1)C(=O)N([C@@H](C)CO)C[C@H](C)[C@@H](CN(C)S(=O)(=O)c1cn(C)cn1)OCCCC[C@@H](C)O2. The van der Waals surface area contributed by atoms with E-state index in [-0.39, 0.29) is 42.3 Å². The number of aromatic nitrogens is 3. The highest BCUT2D eigenvalue weighted by Gasteiger charge is 2.33. The molecule has 48 heavy (non-hydrogen) atoms. The topological polar surface area (TPSA) is 181 Å². The van der Waals surface area contributed by atoms with Gasteiger partial charge in [0.05, 0.1) is 36.7 Å². The molecular weight excluding hydrogens is 642 g/mol. The molecule has 2 aromatic heterocycles. The molecule has 0 spiro atoms. The van der Waals surface area contributed by atoms with E-state index < -0.39 is 34.1 Å². The van der Waals surface area contributed by atoms with E-state index in [1.54, 1.807) is 50.6 Å². The molecule has 1 aliphatic heterocycles. The van der Waals surface area contributed by atoms with Gasteiger partial charge in [-0.15, -0.1) is 0 Å². The first kappa shape index (κ1) is 36.8. The Balaban J connectivity index is 1.63. The van der Waals surface area contributed by atoms with Crippen LogP contribution >= 0.6 is 0 Å². The Hall–Kier alpha value is -3.99. The Morgan fingerprint density at radius 3 is 2.60 bits per heavy atom. The average Bonchev–Trinajstić information content (AvgIpc) is 3.63. The van der Waals surface area contributed by atoms with Gasteiger partial charge in [0.2, 0.25) is 0 Å². The number of ether oxygens (including phenoxy) is 2. The van der Waals surface area contributed by atoms with Crippen molar-refractivity contribution in [1.82, 2.24) is 23.9 Å². The van der Waals surface area contributed by atoms with Crippen molar-refractivity contribution < 1.29 is 37.1 Å². The van der Waals surface area contributed by atoms with E-state index in [1.807, 2.05) is 13.8 Å². The summed E-state index contributed by atoms with van der Waals surface area (Å²) in [4.78, 5) is 32.8. The van der Waals surface area contributed by atoms with Crippen LogP contribution in [0.5, 0.6) is 5.75 Å². The summed E-state index contributed by atoms with van der Waals surface area (Å²) < 4.78 is 47.1. The van der Waals surface area contributed by atoms with Crippen LogP contribution in [-0.4, -0.2) is 101 Å². The smallest absolute Gasteiger partial charge is 0.323 e. The molecular formula is C32H47N7O8S. The molecule has 0 aliphatic carbocycles. The fourth-order valence-corrected chi connectivity index (χ4v) is 6.58. The number of aliphatic hydroxyl groups is 1. The number of carbonyl (C=O) groups excluding carboxylic acids is 2. The van der Waals surface area contributed by atoms with Gasteiger partial charge in [0.25, 0.3) is 15.9 Å². The lowest BCUT2D eigenvalue weighted by molar-refractivity contribution is -0.00835. The molecule has 0 radical (unpaired) electrons. The van der Waals surface area contributed by atoms with Crippen LogP contribution in [0.15, 0.2) is 40.3 Å². The molecule has 4 atom stereocenters. The number of likely N-dealkylation sites (N-methyl/N-ethyl adjacent to an activating group) is 1. The second-order valence-corrected chi connectivity index (χ2v) is 14.4. The quantitative estimate of drug-likeness (QED) is 0.315. The van der Waals surface area contributed by atoms with Crippen LogP contribution in [0.3, 0.4) is 0 Å². The molecule has 3 heterocycles. The number of nitrogens with one attached hydrogen (secondary N) is 2. The monoisotopic (exact) mass is 689 g/mol. The number of benzene rings is 1. The summed E-state index contributed by atoms with van der Waals surface area (Å²) in [6.45, 7) is 9.17. The largest absolute Gasteiger partial charge is 0.490 e. The third-order valence-corrected chi connectivity index (χ3v) is 10.1. The van der Waals surface area contributed by atoms with Crippen LogP contribution in [0.1, 0.15) is 61.8 Å². The van der Waals surface area contributed by atoms with E-state index >= 15 is 0 Å². The van der Waals surface area contributed by atoms with Crippen LogP contribution in [-0.2, 0) is 21.8 Å². The molecule has 1 aliphatic rings. The second kappa shape index (κ2) is 15.9. The first-order chi connectivity index (χ1) is 22.7. The number of anilines is 2. The van der Waals surface area contributed by atoms with E-state index in [4.69, 9.17) is 14.0 Å². The van der Waals surface area contributed by atoms with Crippen LogP contribution in [0.25, 0.3) is 0 Å². The van der Waals surface area contributed by atoms with E-state index in [0.717, 1.165) is 12.8 Å². The highest BCUT2D eigenvalue weighted by Crippen LogP contribution is 2.29. The molecule has 3 amide bonds. The third-order valence-electron chi connectivity index (χ3n) is 8.37. The van der Waals surface area contributed by atoms with E-state index in [2.05, 4.69) is 20.8 Å². The summed E-state index contributed by atoms with van der Waals surface area (Å²) in [5, 5.41) is 19.5. The van der Waals surface area contributed by atoms with Crippen LogP contribution < -0.4 is 15.4 Å². The number of carbonyl (C=O) groups is 2. The standard InChI is InChI=1S/C32H47N7O8S/c1-20-15-39(21(2)18-40)31(41)26-14-25(34-32(42)35-30-23(4)36-47-24(30)5)11-12-27(26)46-22(3)10-8-9-13-45-28(20)16-38(7)48(43,44)29-17-37(6)19-33-29/h11-12,14,17,19-22,28,40H,8-10,13,15-16,18H2,1-7H3,(H2,34,35,42)/t20-,21-,22+,28+/m0/s1. The number of amides is 3. The van der Waals surface area contributed by atoms with E-state index in [1.165, 1.54) is 28.8 Å². The zero-order chi connectivity index (χ0) is 35.2. The lowest BCUT2D eigenvalue weighted by Gasteiger charge is -2.35. The number of aryl methyl sites for hydroxylation is 3. The second-order valence-electron chi connectivity index (χ2n) is 12.5. The van der Waals surface area contributed by atoms with Crippen molar-refractivity contribution in [2.75, 3.05) is 44.0 Å². The van der Waals surface area contributed by atoms with Crippen molar-refractivity contribution in [1.29, 1.82) is 0 Å². The first-order valence-electron chi connectivity index (χ1n) is 16.0. The predicted molar refractivity (Wildman–Crippen MR) is 179 cm³/mol. The van der Waals surface area contributed by atoms with Crippen molar-refractivity contribution in [2.24, 2.45) is 13.0 Å². The zero-order valence-corrected chi connectivity index (χ0v) is 29.4. The minimum Gasteiger partial charge on any atom is -0.490 e. The van der Waals surface area contributed by atoms with Gasteiger partial charge < -0.3 is 39.2 Å². The predicted octanol–water partition coefficient (Wildman–Crippen LogP) is 3.79. The van der Waals surface area contributed by atoms with Gasteiger partial charge in [-0.25, -0.2) is 18.2 Å². The molecule has 1 aromatic carbocycles. The normalized spacial score (nSPS) is 20.5. The number of urea groups is 1. The van der Waals surface area contributed by atoms with E-state index in [0.29, 0.717) is 41.6 Å². The van der Waals surface area contributed by atoms with Gasteiger partial charge in [0, 0.05) is 51.6 Å². The van der Waals surface area contributed by atoms with Crippen molar-refractivity contribution >= 4 is 33.3 Å². The first-order valence-corrected chi connectivity index (χ1v) is 17.4. The highest BCUT2D eigenvalue weighted by molar-refractivity contribution is 7.89. The molecule has 264 valence electrons. The third kappa shape index (κ3) is 8.92. The fraction of sp³-hybridized carbons (Fsp3) is 0.562. The lowest BCUT2D eigenvalue weighted by atomic mass is 10.0. The Bertz CT molecular complexity index is 1650. The molecule has 16 heteroatoms. The van der Waals surface area contributed by atoms with Crippen LogP contribution in [0, 0.1) is 19.8 Å².